The Labute approximate surface area is 160 Å². The lowest BCUT2D eigenvalue weighted by molar-refractivity contribution is -0.118. The van der Waals surface area contributed by atoms with Crippen LogP contribution in [0.25, 0.3) is 0 Å². The van der Waals surface area contributed by atoms with Gasteiger partial charge in [0.25, 0.3) is 5.91 Å². The molecule has 4 rings (SSSR count). The minimum Gasteiger partial charge on any atom is -0.497 e. The quantitative estimate of drug-likeness (QED) is 0.663. The van der Waals surface area contributed by atoms with E-state index in [1.807, 2.05) is 18.2 Å². The molecule has 0 spiro atoms. The molecule has 0 fully saturated rings. The molecule has 0 unspecified atom stereocenters. The second-order valence-electron chi connectivity index (χ2n) is 5.88. The highest BCUT2D eigenvalue weighted by atomic mass is 16.7. The second kappa shape index (κ2) is 7.87. The summed E-state index contributed by atoms with van der Waals surface area (Å²) in [6.45, 7) is 0.0143. The van der Waals surface area contributed by atoms with E-state index < -0.39 is 5.91 Å². The van der Waals surface area contributed by atoms with Gasteiger partial charge < -0.3 is 23.4 Å². The van der Waals surface area contributed by atoms with Crippen molar-refractivity contribution in [2.75, 3.05) is 25.8 Å². The maximum absolute atomic E-state index is 12.0. The first-order valence-electron chi connectivity index (χ1n) is 8.47. The summed E-state index contributed by atoms with van der Waals surface area (Å²) in [4.78, 5) is 12.0. The predicted octanol–water partition coefficient (Wildman–Crippen LogP) is 2.42. The summed E-state index contributed by atoms with van der Waals surface area (Å²) in [6, 6.07) is 12.5. The number of anilines is 1. The van der Waals surface area contributed by atoms with Crippen LogP contribution in [0.5, 0.6) is 23.0 Å². The summed E-state index contributed by atoms with van der Waals surface area (Å²) in [5.41, 5.74) is 0.923. The summed E-state index contributed by atoms with van der Waals surface area (Å²) in [7, 11) is 1.56. The van der Waals surface area contributed by atoms with Gasteiger partial charge in [-0.2, -0.15) is 0 Å². The summed E-state index contributed by atoms with van der Waals surface area (Å²) in [5.74, 6) is 2.49. The summed E-state index contributed by atoms with van der Waals surface area (Å²) in [6.07, 6.45) is 0.403. The zero-order valence-electron chi connectivity index (χ0n) is 15.0. The molecule has 0 radical (unpaired) electrons. The molecule has 1 amide bonds. The fourth-order valence-electron chi connectivity index (χ4n) is 2.60. The number of carbonyl (C=O) groups is 1. The highest BCUT2D eigenvalue weighted by molar-refractivity contribution is 5.89. The number of amides is 1. The Hall–Kier alpha value is -3.75. The molecule has 0 saturated heterocycles. The summed E-state index contributed by atoms with van der Waals surface area (Å²) in [5, 5.41) is 10.3. The molecule has 0 saturated carbocycles. The maximum atomic E-state index is 12.0. The largest absolute Gasteiger partial charge is 0.497 e. The first-order valence-corrected chi connectivity index (χ1v) is 8.47. The van der Waals surface area contributed by atoms with Crippen molar-refractivity contribution in [3.63, 3.8) is 0 Å². The Morgan fingerprint density at radius 2 is 1.96 bits per heavy atom. The van der Waals surface area contributed by atoms with Crippen LogP contribution in [0.4, 0.5) is 6.01 Å². The molecule has 9 nitrogen and oxygen atoms in total. The van der Waals surface area contributed by atoms with Crippen molar-refractivity contribution in [2.45, 2.75) is 6.42 Å². The van der Waals surface area contributed by atoms with Crippen molar-refractivity contribution in [1.29, 1.82) is 0 Å². The zero-order chi connectivity index (χ0) is 19.3. The molecule has 0 aliphatic carbocycles. The normalized spacial score (nSPS) is 11.9. The van der Waals surface area contributed by atoms with Crippen molar-refractivity contribution >= 4 is 11.9 Å². The third-order valence-electron chi connectivity index (χ3n) is 3.92. The number of carbonyl (C=O) groups excluding carboxylic acids is 1. The Balaban J connectivity index is 1.31. The number of ether oxygens (including phenoxy) is 4. The van der Waals surface area contributed by atoms with Gasteiger partial charge in [-0.25, -0.2) is 0 Å². The molecule has 1 N–H and O–H groups in total. The molecule has 1 aliphatic heterocycles. The number of nitrogens with zero attached hydrogens (tertiary/aromatic N) is 2. The third-order valence-corrected chi connectivity index (χ3v) is 3.92. The average Bonchev–Trinajstić information content (AvgIpc) is 3.35. The molecule has 1 aromatic heterocycles. The molecular weight excluding hydrogens is 366 g/mol. The van der Waals surface area contributed by atoms with Gasteiger partial charge in [0.2, 0.25) is 12.7 Å². The van der Waals surface area contributed by atoms with E-state index in [4.69, 9.17) is 23.4 Å². The van der Waals surface area contributed by atoms with E-state index >= 15 is 0 Å². The highest BCUT2D eigenvalue weighted by Gasteiger charge is 2.15. The predicted molar refractivity (Wildman–Crippen MR) is 96.8 cm³/mol. The van der Waals surface area contributed by atoms with E-state index in [2.05, 4.69) is 15.5 Å². The lowest BCUT2D eigenvalue weighted by Gasteiger charge is -2.06. The minimum atomic E-state index is -0.416. The van der Waals surface area contributed by atoms with Gasteiger partial charge in [-0.3, -0.25) is 10.1 Å². The Morgan fingerprint density at radius 1 is 1.11 bits per heavy atom. The van der Waals surface area contributed by atoms with Gasteiger partial charge in [-0.1, -0.05) is 17.2 Å². The molecule has 9 heteroatoms. The van der Waals surface area contributed by atoms with Crippen molar-refractivity contribution in [2.24, 2.45) is 0 Å². The number of rotatable bonds is 7. The van der Waals surface area contributed by atoms with Gasteiger partial charge in [-0.15, -0.1) is 5.10 Å². The lowest BCUT2D eigenvalue weighted by atomic mass is 10.1. The van der Waals surface area contributed by atoms with Crippen LogP contribution in [-0.2, 0) is 11.2 Å². The molecule has 28 heavy (non-hydrogen) atoms. The fourth-order valence-corrected chi connectivity index (χ4v) is 2.60. The first kappa shape index (κ1) is 17.7. The van der Waals surface area contributed by atoms with Gasteiger partial charge >= 0.3 is 6.01 Å². The first-order chi connectivity index (χ1) is 13.7. The minimum absolute atomic E-state index is 0.00925. The van der Waals surface area contributed by atoms with E-state index in [-0.39, 0.29) is 19.4 Å². The topological polar surface area (TPSA) is 105 Å². The fraction of sp³-hybridized carbons (Fsp3) is 0.211. The smallest absolute Gasteiger partial charge is 0.322 e. The number of hydrogen-bond acceptors (Lipinski definition) is 8. The molecule has 144 valence electrons. The second-order valence-corrected chi connectivity index (χ2v) is 5.88. The van der Waals surface area contributed by atoms with Crippen molar-refractivity contribution in [3.05, 3.63) is 53.9 Å². The monoisotopic (exact) mass is 383 g/mol. The van der Waals surface area contributed by atoms with Gasteiger partial charge in [0, 0.05) is 6.07 Å². The standard InChI is InChI=1S/C19H17N3O6/c1-24-13-3-2-4-14(9-13)25-10-17(23)20-19-22-21-18(28-19)8-12-5-6-15-16(7-12)27-11-26-15/h2-7,9H,8,10-11H2,1H3,(H,20,22,23). The molecule has 2 aromatic carbocycles. The van der Waals surface area contributed by atoms with Gasteiger partial charge in [0.15, 0.2) is 18.1 Å². The Kier molecular flexibility index (Phi) is 4.96. The molecule has 0 bridgehead atoms. The van der Waals surface area contributed by atoms with Crippen molar-refractivity contribution in [1.82, 2.24) is 10.2 Å². The number of benzene rings is 2. The third kappa shape index (κ3) is 4.14. The average molecular weight is 383 g/mol. The van der Waals surface area contributed by atoms with E-state index in [1.165, 1.54) is 0 Å². The molecule has 3 aromatic rings. The van der Waals surface area contributed by atoms with Crippen LogP contribution in [0.3, 0.4) is 0 Å². The zero-order valence-corrected chi connectivity index (χ0v) is 15.0. The maximum Gasteiger partial charge on any atom is 0.322 e. The van der Waals surface area contributed by atoms with Crippen LogP contribution in [0.2, 0.25) is 0 Å². The number of nitrogens with one attached hydrogen (secondary N) is 1. The van der Waals surface area contributed by atoms with Crippen LogP contribution in [-0.4, -0.2) is 36.6 Å². The summed E-state index contributed by atoms with van der Waals surface area (Å²) < 4.78 is 26.6. The van der Waals surface area contributed by atoms with Crippen LogP contribution in [0.15, 0.2) is 46.9 Å². The van der Waals surface area contributed by atoms with Crippen molar-refractivity contribution < 1.29 is 28.2 Å². The molecular formula is C19H17N3O6. The van der Waals surface area contributed by atoms with E-state index in [9.17, 15) is 4.79 Å². The Morgan fingerprint density at radius 3 is 2.86 bits per heavy atom. The van der Waals surface area contributed by atoms with Gasteiger partial charge in [-0.05, 0) is 29.8 Å². The van der Waals surface area contributed by atoms with Gasteiger partial charge in [0.05, 0.1) is 13.5 Å². The molecule has 0 atom stereocenters. The molecule has 2 heterocycles. The van der Waals surface area contributed by atoms with Crippen LogP contribution in [0, 0.1) is 0 Å². The van der Waals surface area contributed by atoms with Crippen molar-refractivity contribution in [3.8, 4) is 23.0 Å². The van der Waals surface area contributed by atoms with Gasteiger partial charge in [0.1, 0.15) is 11.5 Å². The SMILES string of the molecule is COc1cccc(OCC(=O)Nc2nnc(Cc3ccc4c(c3)OCO4)o2)c1. The highest BCUT2D eigenvalue weighted by Crippen LogP contribution is 2.33. The van der Waals surface area contributed by atoms with Crippen LogP contribution >= 0.6 is 0 Å². The van der Waals surface area contributed by atoms with E-state index in [0.29, 0.717) is 35.3 Å². The van der Waals surface area contributed by atoms with Crippen LogP contribution < -0.4 is 24.3 Å². The Bertz CT molecular complexity index is 987. The van der Waals surface area contributed by atoms with Crippen LogP contribution in [0.1, 0.15) is 11.5 Å². The number of fused-ring (bicyclic) bond motifs is 1. The summed E-state index contributed by atoms with van der Waals surface area (Å²) >= 11 is 0. The number of methoxy groups -OCH3 is 1. The van der Waals surface area contributed by atoms with E-state index in [0.717, 1.165) is 5.56 Å². The lowest BCUT2D eigenvalue weighted by Crippen LogP contribution is -2.20. The number of aromatic nitrogens is 2. The number of hydrogen-bond donors (Lipinski definition) is 1. The molecule has 1 aliphatic rings. The van der Waals surface area contributed by atoms with E-state index in [1.54, 1.807) is 31.4 Å².